The molecule has 2 rings (SSSR count). The van der Waals surface area contributed by atoms with Gasteiger partial charge in [-0.05, 0) is 23.8 Å². The molecule has 114 valence electrons. The van der Waals surface area contributed by atoms with Crippen LogP contribution in [0.1, 0.15) is 19.4 Å². The van der Waals surface area contributed by atoms with Gasteiger partial charge < -0.3 is 14.2 Å². The van der Waals surface area contributed by atoms with Gasteiger partial charge in [-0.25, -0.2) is 9.59 Å². The van der Waals surface area contributed by atoms with Gasteiger partial charge in [-0.2, -0.15) is 0 Å². The number of carbonyl (C=O) groups excluding carboxylic acids is 2. The molecule has 1 aromatic carbocycles. The molecule has 5 nitrogen and oxygen atoms in total. The van der Waals surface area contributed by atoms with Gasteiger partial charge in [0.05, 0.1) is 5.02 Å². The van der Waals surface area contributed by atoms with Gasteiger partial charge in [0.1, 0.15) is 17.9 Å². The van der Waals surface area contributed by atoms with Crippen LogP contribution in [0.5, 0.6) is 5.75 Å². The summed E-state index contributed by atoms with van der Waals surface area (Å²) in [6.45, 7) is 3.05. The van der Waals surface area contributed by atoms with E-state index in [2.05, 4.69) is 5.92 Å². The van der Waals surface area contributed by atoms with E-state index in [-0.39, 0.29) is 12.2 Å². The molecule has 6 heteroatoms. The predicted molar refractivity (Wildman–Crippen MR) is 80.0 cm³/mol. The molecule has 0 aromatic heterocycles. The van der Waals surface area contributed by atoms with E-state index in [1.54, 1.807) is 18.2 Å². The summed E-state index contributed by atoms with van der Waals surface area (Å²) < 4.78 is 15.2. The van der Waals surface area contributed by atoms with E-state index in [0.717, 1.165) is 0 Å². The molecule has 0 N–H and O–H groups in total. The fourth-order valence-electron chi connectivity index (χ4n) is 1.79. The number of benzene rings is 1. The molecule has 0 radical (unpaired) electrons. The Morgan fingerprint density at radius 2 is 1.95 bits per heavy atom. The zero-order valence-corrected chi connectivity index (χ0v) is 12.8. The van der Waals surface area contributed by atoms with Crippen molar-refractivity contribution in [1.29, 1.82) is 0 Å². The summed E-state index contributed by atoms with van der Waals surface area (Å²) in [7, 11) is 0. The minimum Gasteiger partial charge on any atom is -0.479 e. The van der Waals surface area contributed by atoms with Crippen LogP contribution in [-0.4, -0.2) is 24.3 Å². The summed E-state index contributed by atoms with van der Waals surface area (Å²) in [6.07, 6.45) is 6.45. The second-order valence-corrected chi connectivity index (χ2v) is 5.33. The maximum Gasteiger partial charge on any atom is 0.348 e. The Morgan fingerprint density at radius 1 is 1.32 bits per heavy atom. The van der Waals surface area contributed by atoms with Crippen LogP contribution in [0, 0.1) is 12.3 Å². The first-order chi connectivity index (χ1) is 10.3. The van der Waals surface area contributed by atoms with Crippen LogP contribution in [-0.2, 0) is 19.1 Å². The second-order valence-electron chi connectivity index (χ2n) is 4.92. The smallest absolute Gasteiger partial charge is 0.348 e. The number of cyclic esters (lactones) is 2. The van der Waals surface area contributed by atoms with Crippen molar-refractivity contribution in [3.8, 4) is 18.1 Å². The quantitative estimate of drug-likeness (QED) is 0.371. The Morgan fingerprint density at radius 3 is 2.50 bits per heavy atom. The van der Waals surface area contributed by atoms with E-state index < -0.39 is 17.7 Å². The number of carbonyl (C=O) groups is 2. The molecule has 0 amide bonds. The fourth-order valence-corrected chi connectivity index (χ4v) is 2.03. The number of rotatable bonds is 3. The van der Waals surface area contributed by atoms with Gasteiger partial charge in [0.15, 0.2) is 0 Å². The third kappa shape index (κ3) is 3.60. The highest BCUT2D eigenvalue weighted by Gasteiger charge is 2.38. The Hall–Kier alpha value is -2.45. The average Bonchev–Trinajstić information content (AvgIpc) is 2.41. The van der Waals surface area contributed by atoms with Crippen molar-refractivity contribution >= 4 is 29.6 Å². The van der Waals surface area contributed by atoms with Gasteiger partial charge in [0, 0.05) is 13.8 Å². The van der Waals surface area contributed by atoms with Crippen molar-refractivity contribution in [3.05, 3.63) is 34.4 Å². The number of esters is 2. The van der Waals surface area contributed by atoms with Crippen molar-refractivity contribution in [2.45, 2.75) is 19.6 Å². The summed E-state index contributed by atoms with van der Waals surface area (Å²) in [5, 5.41) is 0.308. The molecule has 0 saturated carbocycles. The molecule has 1 heterocycles. The van der Waals surface area contributed by atoms with Crippen molar-refractivity contribution < 1.29 is 23.8 Å². The van der Waals surface area contributed by atoms with Crippen LogP contribution in [0.2, 0.25) is 5.02 Å². The largest absolute Gasteiger partial charge is 0.479 e. The predicted octanol–water partition coefficient (Wildman–Crippen LogP) is 2.57. The lowest BCUT2D eigenvalue weighted by atomic mass is 10.1. The Kier molecular flexibility index (Phi) is 4.43. The highest BCUT2D eigenvalue weighted by molar-refractivity contribution is 6.32. The third-order valence-electron chi connectivity index (χ3n) is 2.69. The first kappa shape index (κ1) is 15.9. The third-order valence-corrected chi connectivity index (χ3v) is 2.99. The molecule has 1 aromatic rings. The number of hydrogen-bond acceptors (Lipinski definition) is 5. The summed E-state index contributed by atoms with van der Waals surface area (Å²) in [5.74, 6) is -0.0171. The molecule has 1 saturated heterocycles. The van der Waals surface area contributed by atoms with Gasteiger partial charge >= 0.3 is 11.9 Å². The molecule has 1 fully saturated rings. The first-order valence-electron chi connectivity index (χ1n) is 6.36. The van der Waals surface area contributed by atoms with E-state index in [1.807, 2.05) is 0 Å². The molecule has 0 unspecified atom stereocenters. The Bertz CT molecular complexity index is 675. The minimum absolute atomic E-state index is 0.0912. The van der Waals surface area contributed by atoms with Crippen LogP contribution in [0.15, 0.2) is 23.8 Å². The maximum absolute atomic E-state index is 11.8. The van der Waals surface area contributed by atoms with Crippen molar-refractivity contribution in [1.82, 2.24) is 0 Å². The van der Waals surface area contributed by atoms with Gasteiger partial charge in [-0.3, -0.25) is 0 Å². The van der Waals surface area contributed by atoms with E-state index in [1.165, 1.54) is 19.9 Å². The molecular formula is C16H13ClO5. The van der Waals surface area contributed by atoms with Crippen molar-refractivity contribution in [2.75, 3.05) is 6.61 Å². The Labute approximate surface area is 132 Å². The fraction of sp³-hybridized carbons (Fsp3) is 0.250. The zero-order valence-electron chi connectivity index (χ0n) is 12.0. The van der Waals surface area contributed by atoms with Gasteiger partial charge in [-0.15, -0.1) is 6.42 Å². The summed E-state index contributed by atoms with van der Waals surface area (Å²) in [4.78, 5) is 23.7. The van der Waals surface area contributed by atoms with Gasteiger partial charge in [0.2, 0.25) is 0 Å². The summed E-state index contributed by atoms with van der Waals surface area (Å²) in [5.41, 5.74) is 0.328. The topological polar surface area (TPSA) is 61.8 Å². The number of ether oxygens (including phenoxy) is 3. The average molecular weight is 321 g/mol. The molecule has 0 atom stereocenters. The SMILES string of the molecule is C#CCOc1ccc(C=C2C(=O)OC(C)(C)OC2=O)cc1Cl. The number of terminal acetylenes is 1. The van der Waals surface area contributed by atoms with Gasteiger partial charge in [-0.1, -0.05) is 23.6 Å². The molecule has 0 spiro atoms. The molecule has 0 bridgehead atoms. The standard InChI is InChI=1S/C16H13ClO5/c1-4-7-20-13-6-5-10(9-12(13)17)8-11-14(18)21-16(2,3)22-15(11)19/h1,5-6,8-9H,7H2,2-3H3. The highest BCUT2D eigenvalue weighted by atomic mass is 35.5. The second kappa shape index (κ2) is 6.12. The molecular weight excluding hydrogens is 308 g/mol. The summed E-state index contributed by atoms with van der Waals surface area (Å²) >= 11 is 6.05. The van der Waals surface area contributed by atoms with E-state index in [4.69, 9.17) is 32.2 Å². The van der Waals surface area contributed by atoms with E-state index in [9.17, 15) is 9.59 Å². The van der Waals surface area contributed by atoms with Crippen LogP contribution in [0.4, 0.5) is 0 Å². The maximum atomic E-state index is 11.8. The van der Waals surface area contributed by atoms with E-state index in [0.29, 0.717) is 16.3 Å². The number of halogens is 1. The minimum atomic E-state index is -1.27. The molecule has 1 aliphatic rings. The Balaban J connectivity index is 2.26. The lowest BCUT2D eigenvalue weighted by molar-refractivity contribution is -0.222. The lowest BCUT2D eigenvalue weighted by Crippen LogP contribution is -2.41. The van der Waals surface area contributed by atoms with Gasteiger partial charge in [0.25, 0.3) is 5.79 Å². The molecule has 22 heavy (non-hydrogen) atoms. The van der Waals surface area contributed by atoms with Crippen LogP contribution in [0.25, 0.3) is 6.08 Å². The van der Waals surface area contributed by atoms with Crippen LogP contribution < -0.4 is 4.74 Å². The van der Waals surface area contributed by atoms with Crippen molar-refractivity contribution in [3.63, 3.8) is 0 Å². The molecule has 0 aliphatic carbocycles. The summed E-state index contributed by atoms with van der Waals surface area (Å²) in [6, 6.07) is 4.77. The van der Waals surface area contributed by atoms with Crippen molar-refractivity contribution in [2.24, 2.45) is 0 Å². The van der Waals surface area contributed by atoms with E-state index >= 15 is 0 Å². The zero-order chi connectivity index (χ0) is 16.3. The number of hydrogen-bond donors (Lipinski definition) is 0. The van der Waals surface area contributed by atoms with Crippen LogP contribution in [0.3, 0.4) is 0 Å². The van der Waals surface area contributed by atoms with Crippen LogP contribution >= 0.6 is 11.6 Å². The monoisotopic (exact) mass is 320 g/mol. The normalized spacial score (nSPS) is 16.4. The first-order valence-corrected chi connectivity index (χ1v) is 6.74. The molecule has 1 aliphatic heterocycles. The highest BCUT2D eigenvalue weighted by Crippen LogP contribution is 2.28. The lowest BCUT2D eigenvalue weighted by Gasteiger charge is -2.29.